The molecular weight excluding hydrogens is 654 g/mol. The number of benzene rings is 2. The number of nitrogens with zero attached hydrogens (tertiary/aromatic N) is 5. The third-order valence-corrected chi connectivity index (χ3v) is 10.1. The number of carbonyl (C=O) groups excluding carboxylic acids is 3. The molecule has 51 heavy (non-hydrogen) atoms. The van der Waals surface area contributed by atoms with E-state index >= 15 is 0 Å². The molecule has 7 rings (SSSR count). The number of likely N-dealkylation sites (tertiary alicyclic amines) is 2. The summed E-state index contributed by atoms with van der Waals surface area (Å²) >= 11 is 0. The number of aryl methyl sites for hydroxylation is 1. The van der Waals surface area contributed by atoms with Gasteiger partial charge >= 0.3 is 12.2 Å². The minimum atomic E-state index is -1.23. The number of aromatic amines is 2. The Hall–Kier alpha value is -5.86. The minimum Gasteiger partial charge on any atom is -0.465 e. The number of rotatable bonds is 8. The first-order chi connectivity index (χ1) is 24.5. The first-order valence-corrected chi connectivity index (χ1v) is 17.1. The van der Waals surface area contributed by atoms with Gasteiger partial charge in [0.1, 0.15) is 23.7 Å². The van der Waals surface area contributed by atoms with E-state index in [4.69, 9.17) is 5.11 Å². The maximum atomic E-state index is 13.2. The predicted octanol–water partition coefficient (Wildman–Crippen LogP) is 4.84. The first-order valence-electron chi connectivity index (χ1n) is 17.1. The summed E-state index contributed by atoms with van der Waals surface area (Å²) in [7, 11) is 3.30. The van der Waals surface area contributed by atoms with Crippen LogP contribution in [0, 0.1) is 0 Å². The first kappa shape index (κ1) is 33.6. The smallest absolute Gasteiger partial charge is 0.407 e. The molecule has 2 aromatic carbocycles. The van der Waals surface area contributed by atoms with E-state index in [0.717, 1.165) is 70.0 Å². The average molecular weight is 696 g/mol. The van der Waals surface area contributed by atoms with Crippen molar-refractivity contribution in [3.63, 3.8) is 0 Å². The molecule has 5 heterocycles. The molecule has 2 aliphatic rings. The highest BCUT2D eigenvalue weighted by molar-refractivity contribution is 6.09. The summed E-state index contributed by atoms with van der Waals surface area (Å²) in [4.78, 5) is 68.6. The van der Waals surface area contributed by atoms with Crippen molar-refractivity contribution in [2.45, 2.75) is 63.7 Å². The lowest BCUT2D eigenvalue weighted by Gasteiger charge is -2.26. The molecule has 2 fully saturated rings. The lowest BCUT2D eigenvalue weighted by molar-refractivity contribution is -0.134. The molecule has 15 nitrogen and oxygen atoms in total. The number of alkyl carbamates (subject to hydrolysis) is 1. The van der Waals surface area contributed by atoms with Crippen LogP contribution in [0.5, 0.6) is 0 Å². The molecule has 0 aliphatic carbocycles. The zero-order chi connectivity index (χ0) is 36.0. The number of carbonyl (C=O) groups is 4. The fraction of sp³-hybridized carbons (Fsp3) is 0.389. The summed E-state index contributed by atoms with van der Waals surface area (Å²) in [6.07, 6.45) is 4.86. The molecule has 0 unspecified atom stereocenters. The summed E-state index contributed by atoms with van der Waals surface area (Å²) in [6.45, 7) is 4.33. The molecular formula is C36H41N9O6. The Labute approximate surface area is 293 Å². The van der Waals surface area contributed by atoms with Crippen molar-refractivity contribution >= 4 is 45.8 Å². The molecule has 3 aromatic heterocycles. The van der Waals surface area contributed by atoms with Gasteiger partial charge in [-0.05, 0) is 51.7 Å². The van der Waals surface area contributed by atoms with E-state index in [1.54, 1.807) is 36.0 Å². The van der Waals surface area contributed by atoms with E-state index in [1.807, 2.05) is 7.05 Å². The third-order valence-electron chi connectivity index (χ3n) is 10.1. The lowest BCUT2D eigenvalue weighted by Crippen LogP contribution is -2.46. The van der Waals surface area contributed by atoms with Gasteiger partial charge in [-0.25, -0.2) is 19.6 Å². The van der Waals surface area contributed by atoms with Crippen molar-refractivity contribution in [3.8, 4) is 22.5 Å². The topological polar surface area (TPSA) is 191 Å². The SMILES string of the molecule is COC(=O)N[C@@H](C)C(=O)N1CCC[C@H]1c1ncc(-c2ccc3c4ccc(-c5cnc([C@@H]6CCCN6C(=O)[C@H](C)NC(=O)O)[nH]5)cc4n(C)c3c2)[nH]1. The normalized spacial score (nSPS) is 18.7. The zero-order valence-corrected chi connectivity index (χ0v) is 28.9. The van der Waals surface area contributed by atoms with Crippen LogP contribution in [0.4, 0.5) is 9.59 Å². The van der Waals surface area contributed by atoms with Crippen LogP contribution in [0.25, 0.3) is 44.3 Å². The van der Waals surface area contributed by atoms with Crippen LogP contribution < -0.4 is 10.6 Å². The fourth-order valence-corrected chi connectivity index (χ4v) is 7.52. The molecule has 2 aliphatic heterocycles. The number of carboxylic acid groups (broad SMARTS) is 1. The Bertz CT molecular complexity index is 2150. The van der Waals surface area contributed by atoms with E-state index in [0.29, 0.717) is 24.7 Å². The summed E-state index contributed by atoms with van der Waals surface area (Å²) in [5, 5.41) is 16.1. The monoisotopic (exact) mass is 695 g/mol. The number of nitrogens with one attached hydrogen (secondary N) is 4. The molecule has 0 spiro atoms. The van der Waals surface area contributed by atoms with Crippen molar-refractivity contribution in [1.29, 1.82) is 0 Å². The number of amides is 4. The highest BCUT2D eigenvalue weighted by Gasteiger charge is 2.36. The molecule has 4 amide bonds. The fourth-order valence-electron chi connectivity index (χ4n) is 7.52. The second-order valence-electron chi connectivity index (χ2n) is 13.3. The number of aromatic nitrogens is 5. The molecule has 5 N–H and O–H groups in total. The highest BCUT2D eigenvalue weighted by atomic mass is 16.5. The minimum absolute atomic E-state index is 0.181. The van der Waals surface area contributed by atoms with Gasteiger partial charge in [0.15, 0.2) is 0 Å². The van der Waals surface area contributed by atoms with Crippen LogP contribution in [0.3, 0.4) is 0 Å². The van der Waals surface area contributed by atoms with Gasteiger partial charge in [0.05, 0.1) is 43.0 Å². The van der Waals surface area contributed by atoms with E-state index in [2.05, 4.69) is 76.3 Å². The molecule has 0 saturated carbocycles. The zero-order valence-electron chi connectivity index (χ0n) is 28.9. The number of hydrogen-bond acceptors (Lipinski definition) is 7. The van der Waals surface area contributed by atoms with Crippen LogP contribution in [0.2, 0.25) is 0 Å². The summed E-state index contributed by atoms with van der Waals surface area (Å²) in [5.74, 6) is 0.935. The Morgan fingerprint density at radius 1 is 0.804 bits per heavy atom. The molecule has 15 heteroatoms. The molecule has 4 atom stereocenters. The van der Waals surface area contributed by atoms with E-state index in [1.165, 1.54) is 7.11 Å². The van der Waals surface area contributed by atoms with Gasteiger partial charge in [0.2, 0.25) is 11.8 Å². The van der Waals surface area contributed by atoms with Gasteiger partial charge in [-0.3, -0.25) is 9.59 Å². The van der Waals surface area contributed by atoms with Gasteiger partial charge in [-0.1, -0.05) is 24.3 Å². The van der Waals surface area contributed by atoms with Gasteiger partial charge in [0.25, 0.3) is 0 Å². The van der Waals surface area contributed by atoms with Crippen LogP contribution in [-0.4, -0.2) is 95.7 Å². The Morgan fingerprint density at radius 2 is 1.27 bits per heavy atom. The number of hydrogen-bond donors (Lipinski definition) is 5. The van der Waals surface area contributed by atoms with E-state index < -0.39 is 24.3 Å². The third kappa shape index (κ3) is 6.23. The van der Waals surface area contributed by atoms with E-state index in [9.17, 15) is 19.2 Å². The standard InChI is InChI=1S/C36H41N9O6/c1-19(39-35(48)49)33(46)44-13-5-7-27(44)31-37-17-25(41-31)21-9-11-23-24-12-10-22(16-30(24)43(3)29(23)15-21)26-18-38-32(42-26)28-8-6-14-45(28)34(47)20(2)40-36(50)51-4/h9-12,15-20,27-28,39H,5-8,13-14H2,1-4H3,(H,37,41)(H,38,42)(H,40,50)(H,48,49)/t19-,20-,27-,28-/m0/s1. The van der Waals surface area contributed by atoms with Crippen molar-refractivity contribution in [2.24, 2.45) is 7.05 Å². The second kappa shape index (κ2) is 13.5. The molecule has 0 radical (unpaired) electrons. The Morgan fingerprint density at radius 3 is 1.73 bits per heavy atom. The number of imidazole rings is 2. The van der Waals surface area contributed by atoms with Gasteiger partial charge in [0, 0.05) is 53.1 Å². The van der Waals surface area contributed by atoms with Crippen molar-refractivity contribution < 1.29 is 29.0 Å². The average Bonchev–Trinajstić information content (AvgIpc) is 3.97. The maximum Gasteiger partial charge on any atom is 0.407 e. The van der Waals surface area contributed by atoms with Crippen molar-refractivity contribution in [3.05, 3.63) is 60.4 Å². The number of fused-ring (bicyclic) bond motifs is 3. The van der Waals surface area contributed by atoms with Crippen LogP contribution in [0.1, 0.15) is 63.3 Å². The quantitative estimate of drug-likeness (QED) is 0.152. The lowest BCUT2D eigenvalue weighted by atomic mass is 10.1. The highest BCUT2D eigenvalue weighted by Crippen LogP contribution is 2.37. The molecule has 0 bridgehead atoms. The predicted molar refractivity (Wildman–Crippen MR) is 189 cm³/mol. The number of H-pyrrole nitrogens is 2. The molecule has 2 saturated heterocycles. The maximum absolute atomic E-state index is 13.2. The second-order valence-corrected chi connectivity index (χ2v) is 13.3. The molecule has 266 valence electrons. The van der Waals surface area contributed by atoms with Crippen molar-refractivity contribution in [2.75, 3.05) is 20.2 Å². The van der Waals surface area contributed by atoms with Crippen LogP contribution >= 0.6 is 0 Å². The van der Waals surface area contributed by atoms with Crippen LogP contribution in [-0.2, 0) is 21.4 Å². The van der Waals surface area contributed by atoms with Gasteiger partial charge in [-0.15, -0.1) is 0 Å². The summed E-state index contributed by atoms with van der Waals surface area (Å²) in [5.41, 5.74) is 5.68. The summed E-state index contributed by atoms with van der Waals surface area (Å²) in [6, 6.07) is 10.6. The van der Waals surface area contributed by atoms with Gasteiger partial charge in [-0.2, -0.15) is 0 Å². The Balaban J connectivity index is 1.12. The number of ether oxygens (including phenoxy) is 1. The number of methoxy groups -OCH3 is 1. The summed E-state index contributed by atoms with van der Waals surface area (Å²) < 4.78 is 6.81. The van der Waals surface area contributed by atoms with Gasteiger partial charge < -0.3 is 44.8 Å². The Kier molecular flexibility index (Phi) is 8.87. The van der Waals surface area contributed by atoms with Crippen molar-refractivity contribution in [1.82, 2.24) is 44.9 Å². The van der Waals surface area contributed by atoms with Crippen LogP contribution in [0.15, 0.2) is 48.8 Å². The molecule has 5 aromatic rings. The largest absolute Gasteiger partial charge is 0.465 e. The van der Waals surface area contributed by atoms with E-state index in [-0.39, 0.29) is 23.9 Å².